The lowest BCUT2D eigenvalue weighted by Crippen LogP contribution is -2.43. The Kier molecular flexibility index (Phi) is 4.06. The molecule has 5 nitrogen and oxygen atoms in total. The van der Waals surface area contributed by atoms with Gasteiger partial charge in [0.1, 0.15) is 5.82 Å². The second-order valence-corrected chi connectivity index (χ2v) is 5.22. The first kappa shape index (κ1) is 15.2. The van der Waals surface area contributed by atoms with Gasteiger partial charge in [-0.25, -0.2) is 4.39 Å². The van der Waals surface area contributed by atoms with Crippen LogP contribution in [0.15, 0.2) is 6.07 Å². The minimum atomic E-state index is -0.632. The fraction of sp³-hybridized carbons (Fsp3) is 0.400. The first-order chi connectivity index (χ1) is 9.81. The summed E-state index contributed by atoms with van der Waals surface area (Å²) >= 11 is 0. The highest BCUT2D eigenvalue weighted by Gasteiger charge is 2.32. The van der Waals surface area contributed by atoms with E-state index in [1.807, 2.05) is 0 Å². The summed E-state index contributed by atoms with van der Waals surface area (Å²) < 4.78 is 13.9. The summed E-state index contributed by atoms with van der Waals surface area (Å²) in [7, 11) is 0. The molecule has 6 heteroatoms. The van der Waals surface area contributed by atoms with Gasteiger partial charge in [-0.1, -0.05) is 0 Å². The molecule has 1 aromatic rings. The second kappa shape index (κ2) is 5.63. The molecule has 0 fully saturated rings. The lowest BCUT2D eigenvalue weighted by Gasteiger charge is -2.27. The molecule has 1 aliphatic rings. The van der Waals surface area contributed by atoms with E-state index in [1.165, 1.54) is 13.8 Å². The van der Waals surface area contributed by atoms with Gasteiger partial charge in [-0.15, -0.1) is 0 Å². The van der Waals surface area contributed by atoms with Gasteiger partial charge in [-0.3, -0.25) is 14.4 Å². The van der Waals surface area contributed by atoms with Crippen molar-refractivity contribution in [2.75, 3.05) is 5.32 Å². The van der Waals surface area contributed by atoms with Crippen molar-refractivity contribution in [3.05, 3.63) is 28.6 Å². The van der Waals surface area contributed by atoms with E-state index >= 15 is 0 Å². The number of fused-ring (bicyclic) bond motifs is 1. The number of halogens is 1. The maximum atomic E-state index is 13.9. The zero-order valence-electron chi connectivity index (χ0n) is 12.2. The predicted molar refractivity (Wildman–Crippen MR) is 75.7 cm³/mol. The molecule has 2 N–H and O–H groups in total. The van der Waals surface area contributed by atoms with E-state index < -0.39 is 11.9 Å². The van der Waals surface area contributed by atoms with Crippen molar-refractivity contribution in [2.45, 2.75) is 39.7 Å². The maximum absolute atomic E-state index is 13.9. The summed E-state index contributed by atoms with van der Waals surface area (Å²) in [5, 5.41) is 5.08. The summed E-state index contributed by atoms with van der Waals surface area (Å²) in [4.78, 5) is 34.9. The molecule has 0 unspecified atom stereocenters. The lowest BCUT2D eigenvalue weighted by molar-refractivity contribution is -0.119. The van der Waals surface area contributed by atoms with Gasteiger partial charge >= 0.3 is 0 Å². The standard InChI is InChI=1S/C15H17FN2O3/c1-7-10-4-5-12(17-8(2)19)15(21)14(10)13(6-11(7)16)18-9(3)20/h6,12H,4-5H2,1-3H3,(H,17,19)(H,18,20)/t12-/m0/s1. The molecule has 0 saturated carbocycles. The van der Waals surface area contributed by atoms with Crippen molar-refractivity contribution in [3.63, 3.8) is 0 Å². The van der Waals surface area contributed by atoms with Gasteiger partial charge in [-0.05, 0) is 37.0 Å². The summed E-state index contributed by atoms with van der Waals surface area (Å²) in [5.41, 5.74) is 1.48. The second-order valence-electron chi connectivity index (χ2n) is 5.22. The van der Waals surface area contributed by atoms with Gasteiger partial charge in [0, 0.05) is 19.4 Å². The van der Waals surface area contributed by atoms with Gasteiger partial charge < -0.3 is 10.6 Å². The van der Waals surface area contributed by atoms with E-state index in [9.17, 15) is 18.8 Å². The van der Waals surface area contributed by atoms with E-state index in [0.717, 1.165) is 6.07 Å². The molecule has 0 bridgehead atoms. The molecule has 21 heavy (non-hydrogen) atoms. The van der Waals surface area contributed by atoms with Crippen molar-refractivity contribution >= 4 is 23.3 Å². The molecule has 1 aromatic carbocycles. The summed E-state index contributed by atoms with van der Waals surface area (Å²) in [5.74, 6) is -1.42. The molecule has 2 rings (SSSR count). The number of carbonyl (C=O) groups excluding carboxylic acids is 3. The van der Waals surface area contributed by atoms with Crippen LogP contribution in [0.3, 0.4) is 0 Å². The number of rotatable bonds is 2. The van der Waals surface area contributed by atoms with Crippen LogP contribution in [0.4, 0.5) is 10.1 Å². The van der Waals surface area contributed by atoms with E-state index in [-0.39, 0.29) is 23.3 Å². The third kappa shape index (κ3) is 2.94. The normalized spacial score (nSPS) is 17.1. The Balaban J connectivity index is 2.53. The molecule has 0 aromatic heterocycles. The number of nitrogens with one attached hydrogen (secondary N) is 2. The van der Waals surface area contributed by atoms with Crippen LogP contribution in [0.5, 0.6) is 0 Å². The van der Waals surface area contributed by atoms with Crippen LogP contribution >= 0.6 is 0 Å². The molecule has 0 spiro atoms. The third-order valence-corrected chi connectivity index (χ3v) is 3.59. The molecule has 1 aliphatic carbocycles. The Labute approximate surface area is 121 Å². The lowest BCUT2D eigenvalue weighted by atomic mass is 9.83. The quantitative estimate of drug-likeness (QED) is 0.871. The Bertz CT molecular complexity index is 640. The Morgan fingerprint density at radius 3 is 2.52 bits per heavy atom. The van der Waals surface area contributed by atoms with Gasteiger partial charge in [0.25, 0.3) is 0 Å². The van der Waals surface area contributed by atoms with Gasteiger partial charge in [0.15, 0.2) is 5.78 Å². The van der Waals surface area contributed by atoms with E-state index in [2.05, 4.69) is 10.6 Å². The first-order valence-corrected chi connectivity index (χ1v) is 6.72. The Morgan fingerprint density at radius 2 is 1.95 bits per heavy atom. The molecule has 0 saturated heterocycles. The average molecular weight is 292 g/mol. The number of hydrogen-bond acceptors (Lipinski definition) is 3. The van der Waals surface area contributed by atoms with Crippen LogP contribution in [-0.4, -0.2) is 23.6 Å². The minimum Gasteiger partial charge on any atom is -0.346 e. The number of carbonyl (C=O) groups is 3. The number of anilines is 1. The van der Waals surface area contributed by atoms with Gasteiger partial charge in [0.05, 0.1) is 11.7 Å². The fourth-order valence-electron chi connectivity index (χ4n) is 2.66. The SMILES string of the molecule is CC(=O)Nc1cc(F)c(C)c2c1C(=O)[C@@H](NC(C)=O)CC2. The monoisotopic (exact) mass is 292 g/mol. The van der Waals surface area contributed by atoms with Crippen molar-refractivity contribution in [2.24, 2.45) is 0 Å². The van der Waals surface area contributed by atoms with E-state index in [0.29, 0.717) is 29.5 Å². The average Bonchev–Trinajstić information content (AvgIpc) is 2.37. The van der Waals surface area contributed by atoms with E-state index in [4.69, 9.17) is 0 Å². The van der Waals surface area contributed by atoms with E-state index in [1.54, 1.807) is 6.92 Å². The molecule has 0 heterocycles. The largest absolute Gasteiger partial charge is 0.346 e. The van der Waals surface area contributed by atoms with Crippen molar-refractivity contribution in [1.82, 2.24) is 5.32 Å². The molecule has 1 atom stereocenters. The summed E-state index contributed by atoms with van der Waals surface area (Å²) in [6, 6.07) is 0.524. The third-order valence-electron chi connectivity index (χ3n) is 3.59. The number of Topliss-reactive ketones (excluding diaryl/α,β-unsaturated/α-hetero) is 1. The van der Waals surface area contributed by atoms with Crippen LogP contribution < -0.4 is 10.6 Å². The Morgan fingerprint density at radius 1 is 1.29 bits per heavy atom. The van der Waals surface area contributed by atoms with Gasteiger partial charge in [0.2, 0.25) is 11.8 Å². The number of benzene rings is 1. The zero-order valence-corrected chi connectivity index (χ0v) is 12.2. The van der Waals surface area contributed by atoms with Crippen molar-refractivity contribution < 1.29 is 18.8 Å². The first-order valence-electron chi connectivity index (χ1n) is 6.72. The van der Waals surface area contributed by atoms with Crippen LogP contribution in [0.25, 0.3) is 0 Å². The number of ketones is 1. The zero-order chi connectivity index (χ0) is 15.7. The molecule has 2 amide bonds. The predicted octanol–water partition coefficient (Wildman–Crippen LogP) is 1.73. The van der Waals surface area contributed by atoms with Crippen LogP contribution in [0.1, 0.15) is 41.8 Å². The molecule has 112 valence electrons. The highest BCUT2D eigenvalue weighted by atomic mass is 19.1. The fourth-order valence-corrected chi connectivity index (χ4v) is 2.66. The number of hydrogen-bond donors (Lipinski definition) is 2. The molecule has 0 radical (unpaired) electrons. The Hall–Kier alpha value is -2.24. The highest BCUT2D eigenvalue weighted by molar-refractivity contribution is 6.10. The van der Waals surface area contributed by atoms with Crippen LogP contribution in [0, 0.1) is 12.7 Å². The number of amides is 2. The topological polar surface area (TPSA) is 75.3 Å². The van der Waals surface area contributed by atoms with Crippen LogP contribution in [-0.2, 0) is 16.0 Å². The van der Waals surface area contributed by atoms with Crippen LogP contribution in [0.2, 0.25) is 0 Å². The maximum Gasteiger partial charge on any atom is 0.221 e. The van der Waals surface area contributed by atoms with Gasteiger partial charge in [-0.2, -0.15) is 0 Å². The highest BCUT2D eigenvalue weighted by Crippen LogP contribution is 2.32. The minimum absolute atomic E-state index is 0.167. The van der Waals surface area contributed by atoms with Crippen molar-refractivity contribution in [3.8, 4) is 0 Å². The summed E-state index contributed by atoms with van der Waals surface area (Å²) in [6.45, 7) is 4.24. The molecular weight excluding hydrogens is 275 g/mol. The summed E-state index contributed by atoms with van der Waals surface area (Å²) in [6.07, 6.45) is 0.900. The molecular formula is C15H17FN2O3. The molecule has 0 aliphatic heterocycles. The smallest absolute Gasteiger partial charge is 0.221 e. The van der Waals surface area contributed by atoms with Crippen molar-refractivity contribution in [1.29, 1.82) is 0 Å².